The number of nitrogens with zero attached hydrogens (tertiary/aromatic N) is 2. The van der Waals surface area contributed by atoms with E-state index in [-0.39, 0.29) is 6.04 Å². The van der Waals surface area contributed by atoms with E-state index in [0.717, 1.165) is 5.69 Å². The molecular formula is C11H18N2O3. The average Bonchev–Trinajstić information content (AvgIpc) is 2.52. The Bertz CT molecular complexity index is 396. The van der Waals surface area contributed by atoms with Gasteiger partial charge in [-0.05, 0) is 27.7 Å². The van der Waals surface area contributed by atoms with Crippen LogP contribution in [0.4, 0.5) is 0 Å². The molecule has 1 atom stereocenters. The Labute approximate surface area is 95.0 Å². The molecule has 0 amide bonds. The minimum absolute atomic E-state index is 0.192. The number of hydrogen-bond donors (Lipinski definition) is 1. The fourth-order valence-corrected chi connectivity index (χ4v) is 1.80. The molecule has 0 aliphatic rings. The zero-order valence-electron chi connectivity index (χ0n) is 10.3. The Morgan fingerprint density at radius 3 is 2.38 bits per heavy atom. The molecule has 0 aliphatic heterocycles. The normalized spacial score (nSPS) is 12.9. The van der Waals surface area contributed by atoms with E-state index in [1.165, 1.54) is 7.11 Å². The molecule has 1 unspecified atom stereocenters. The van der Waals surface area contributed by atoms with E-state index in [4.69, 9.17) is 0 Å². The monoisotopic (exact) mass is 226 g/mol. The van der Waals surface area contributed by atoms with Gasteiger partial charge in [0.1, 0.15) is 0 Å². The van der Waals surface area contributed by atoms with Gasteiger partial charge in [-0.2, -0.15) is 5.10 Å². The first-order chi connectivity index (χ1) is 7.40. The van der Waals surface area contributed by atoms with Gasteiger partial charge < -0.3 is 9.84 Å². The van der Waals surface area contributed by atoms with Gasteiger partial charge in [0.05, 0.1) is 12.8 Å². The third-order valence-electron chi connectivity index (χ3n) is 2.57. The minimum atomic E-state index is -1.25. The second kappa shape index (κ2) is 4.65. The number of carbonyl (C=O) groups excluding carboxylic acids is 1. The van der Waals surface area contributed by atoms with Crippen molar-refractivity contribution in [2.75, 3.05) is 7.11 Å². The summed E-state index contributed by atoms with van der Waals surface area (Å²) in [6.07, 6.45) is -1.25. The quantitative estimate of drug-likeness (QED) is 0.789. The number of ether oxygens (including phenoxy) is 1. The van der Waals surface area contributed by atoms with Crippen LogP contribution < -0.4 is 0 Å². The molecule has 0 spiro atoms. The second-order valence-electron chi connectivity index (χ2n) is 4.05. The van der Waals surface area contributed by atoms with Crippen molar-refractivity contribution < 1.29 is 14.6 Å². The van der Waals surface area contributed by atoms with E-state index in [0.29, 0.717) is 11.3 Å². The standard InChI is InChI=1S/C11H18N2O3/c1-6(2)13-8(4)9(7(3)12-13)10(14)11(15)16-5/h6,10,14H,1-5H3. The number of rotatable bonds is 3. The summed E-state index contributed by atoms with van der Waals surface area (Å²) in [4.78, 5) is 11.3. The molecule has 1 aromatic heterocycles. The molecule has 0 saturated carbocycles. The molecular weight excluding hydrogens is 208 g/mol. The van der Waals surface area contributed by atoms with Crippen LogP contribution in [0.2, 0.25) is 0 Å². The van der Waals surface area contributed by atoms with Gasteiger partial charge in [-0.1, -0.05) is 0 Å². The Morgan fingerprint density at radius 2 is 2.00 bits per heavy atom. The van der Waals surface area contributed by atoms with Crippen LogP contribution in [-0.4, -0.2) is 28.0 Å². The zero-order valence-corrected chi connectivity index (χ0v) is 10.3. The fourth-order valence-electron chi connectivity index (χ4n) is 1.80. The van der Waals surface area contributed by atoms with Crippen LogP contribution in [0.3, 0.4) is 0 Å². The first kappa shape index (κ1) is 12.7. The first-order valence-electron chi connectivity index (χ1n) is 5.21. The predicted molar refractivity (Wildman–Crippen MR) is 59.1 cm³/mol. The average molecular weight is 226 g/mol. The molecule has 0 saturated heterocycles. The number of carbonyl (C=O) groups is 1. The highest BCUT2D eigenvalue weighted by Crippen LogP contribution is 2.24. The van der Waals surface area contributed by atoms with Crippen LogP contribution in [0.25, 0.3) is 0 Å². The third kappa shape index (κ3) is 2.09. The summed E-state index contributed by atoms with van der Waals surface area (Å²) >= 11 is 0. The Morgan fingerprint density at radius 1 is 1.44 bits per heavy atom. The highest BCUT2D eigenvalue weighted by Gasteiger charge is 2.26. The lowest BCUT2D eigenvalue weighted by atomic mass is 10.1. The maximum Gasteiger partial charge on any atom is 0.339 e. The van der Waals surface area contributed by atoms with Crippen molar-refractivity contribution in [2.24, 2.45) is 0 Å². The molecule has 0 bridgehead atoms. The highest BCUT2D eigenvalue weighted by molar-refractivity contribution is 5.76. The molecule has 0 aromatic carbocycles. The minimum Gasteiger partial charge on any atom is -0.467 e. The number of aliphatic hydroxyl groups is 1. The number of esters is 1. The van der Waals surface area contributed by atoms with Crippen molar-refractivity contribution in [3.63, 3.8) is 0 Å². The van der Waals surface area contributed by atoms with Crippen molar-refractivity contribution in [3.05, 3.63) is 17.0 Å². The maximum absolute atomic E-state index is 11.3. The van der Waals surface area contributed by atoms with Gasteiger partial charge >= 0.3 is 5.97 Å². The molecule has 16 heavy (non-hydrogen) atoms. The van der Waals surface area contributed by atoms with E-state index in [1.54, 1.807) is 11.6 Å². The summed E-state index contributed by atoms with van der Waals surface area (Å²) < 4.78 is 6.31. The molecule has 5 nitrogen and oxygen atoms in total. The highest BCUT2D eigenvalue weighted by atomic mass is 16.5. The molecule has 90 valence electrons. The van der Waals surface area contributed by atoms with Crippen LogP contribution in [0.1, 0.15) is 42.9 Å². The fraction of sp³-hybridized carbons (Fsp3) is 0.636. The lowest BCUT2D eigenvalue weighted by Gasteiger charge is -2.11. The summed E-state index contributed by atoms with van der Waals surface area (Å²) in [7, 11) is 1.25. The van der Waals surface area contributed by atoms with E-state index in [1.807, 2.05) is 20.8 Å². The van der Waals surface area contributed by atoms with Gasteiger partial charge in [0, 0.05) is 17.3 Å². The molecule has 5 heteroatoms. The van der Waals surface area contributed by atoms with Crippen LogP contribution in [0, 0.1) is 13.8 Å². The van der Waals surface area contributed by atoms with Crippen LogP contribution >= 0.6 is 0 Å². The lowest BCUT2D eigenvalue weighted by Crippen LogP contribution is -2.15. The Hall–Kier alpha value is -1.36. The van der Waals surface area contributed by atoms with Gasteiger partial charge in [0.15, 0.2) is 6.10 Å². The van der Waals surface area contributed by atoms with Crippen LogP contribution in [0.5, 0.6) is 0 Å². The lowest BCUT2D eigenvalue weighted by molar-refractivity contribution is -0.150. The first-order valence-corrected chi connectivity index (χ1v) is 5.21. The number of methoxy groups -OCH3 is 1. The number of aromatic nitrogens is 2. The summed E-state index contributed by atoms with van der Waals surface area (Å²) in [5.41, 5.74) is 2.00. The Balaban J connectivity index is 3.19. The smallest absolute Gasteiger partial charge is 0.339 e. The molecule has 1 rings (SSSR count). The SMILES string of the molecule is COC(=O)C(O)c1c(C)nn(C(C)C)c1C. The molecule has 1 heterocycles. The van der Waals surface area contributed by atoms with E-state index >= 15 is 0 Å². The van der Waals surface area contributed by atoms with Crippen LogP contribution in [0.15, 0.2) is 0 Å². The van der Waals surface area contributed by atoms with Crippen molar-refractivity contribution in [2.45, 2.75) is 39.8 Å². The van der Waals surface area contributed by atoms with Gasteiger partial charge in [-0.3, -0.25) is 4.68 Å². The third-order valence-corrected chi connectivity index (χ3v) is 2.57. The van der Waals surface area contributed by atoms with E-state index in [9.17, 15) is 9.90 Å². The molecule has 0 radical (unpaired) electrons. The second-order valence-corrected chi connectivity index (χ2v) is 4.05. The number of aryl methyl sites for hydroxylation is 1. The number of hydrogen-bond acceptors (Lipinski definition) is 4. The summed E-state index contributed by atoms with van der Waals surface area (Å²) in [5.74, 6) is -0.658. The summed E-state index contributed by atoms with van der Waals surface area (Å²) in [6.45, 7) is 7.59. The molecule has 0 aliphatic carbocycles. The van der Waals surface area contributed by atoms with Gasteiger partial charge in [0.25, 0.3) is 0 Å². The van der Waals surface area contributed by atoms with E-state index in [2.05, 4.69) is 9.84 Å². The summed E-state index contributed by atoms with van der Waals surface area (Å²) in [5, 5.41) is 14.1. The van der Waals surface area contributed by atoms with Crippen molar-refractivity contribution >= 4 is 5.97 Å². The molecule has 1 aromatic rings. The van der Waals surface area contributed by atoms with Crippen molar-refractivity contribution in [1.82, 2.24) is 9.78 Å². The molecule has 1 N–H and O–H groups in total. The predicted octanol–water partition coefficient (Wildman–Crippen LogP) is 1.29. The van der Waals surface area contributed by atoms with Gasteiger partial charge in [-0.25, -0.2) is 4.79 Å². The van der Waals surface area contributed by atoms with Gasteiger partial charge in [0.2, 0.25) is 0 Å². The van der Waals surface area contributed by atoms with Crippen molar-refractivity contribution in [3.8, 4) is 0 Å². The van der Waals surface area contributed by atoms with E-state index < -0.39 is 12.1 Å². The van der Waals surface area contributed by atoms with Crippen LogP contribution in [-0.2, 0) is 9.53 Å². The van der Waals surface area contributed by atoms with Crippen molar-refractivity contribution in [1.29, 1.82) is 0 Å². The number of aliphatic hydroxyl groups excluding tert-OH is 1. The topological polar surface area (TPSA) is 64.3 Å². The largest absolute Gasteiger partial charge is 0.467 e. The maximum atomic E-state index is 11.3. The Kier molecular flexibility index (Phi) is 3.70. The molecule has 0 fully saturated rings. The zero-order chi connectivity index (χ0) is 12.5. The summed E-state index contributed by atoms with van der Waals surface area (Å²) in [6, 6.07) is 0.192. The van der Waals surface area contributed by atoms with Gasteiger partial charge in [-0.15, -0.1) is 0 Å².